The SMILES string of the molecule is CC[C@H](C)N[C@H]1CS(=O)(=O)C[C@@H]1S(=O)(=O)c1ccc(F)cc1. The van der Waals surface area contributed by atoms with E-state index >= 15 is 0 Å². The molecule has 0 radical (unpaired) electrons. The topological polar surface area (TPSA) is 80.3 Å². The molecular formula is C14H20FNO4S2. The quantitative estimate of drug-likeness (QED) is 0.807. The molecule has 5 nitrogen and oxygen atoms in total. The van der Waals surface area contributed by atoms with Crippen molar-refractivity contribution >= 4 is 19.7 Å². The van der Waals surface area contributed by atoms with Crippen LogP contribution in [0.25, 0.3) is 0 Å². The molecule has 2 rings (SSSR count). The summed E-state index contributed by atoms with van der Waals surface area (Å²) in [6, 6.07) is 3.85. The Morgan fingerprint density at radius 3 is 2.41 bits per heavy atom. The van der Waals surface area contributed by atoms with Gasteiger partial charge in [-0.2, -0.15) is 0 Å². The second-order valence-electron chi connectivity index (χ2n) is 5.70. The van der Waals surface area contributed by atoms with Crippen LogP contribution in [-0.2, 0) is 19.7 Å². The summed E-state index contributed by atoms with van der Waals surface area (Å²) in [4.78, 5) is -0.0491. The maximum atomic E-state index is 13.0. The van der Waals surface area contributed by atoms with Crippen LogP contribution in [-0.4, -0.2) is 45.7 Å². The molecule has 8 heteroatoms. The number of hydrogen-bond acceptors (Lipinski definition) is 5. The molecular weight excluding hydrogens is 329 g/mol. The van der Waals surface area contributed by atoms with Crippen molar-refractivity contribution < 1.29 is 21.2 Å². The van der Waals surface area contributed by atoms with Crippen molar-refractivity contribution in [2.24, 2.45) is 0 Å². The van der Waals surface area contributed by atoms with Crippen molar-refractivity contribution in [1.29, 1.82) is 0 Å². The van der Waals surface area contributed by atoms with E-state index in [9.17, 15) is 21.2 Å². The molecule has 1 aromatic carbocycles. The monoisotopic (exact) mass is 349 g/mol. The third-order valence-corrected chi connectivity index (χ3v) is 8.12. The van der Waals surface area contributed by atoms with Gasteiger partial charge in [-0.15, -0.1) is 0 Å². The Hall–Kier alpha value is -0.990. The van der Waals surface area contributed by atoms with Gasteiger partial charge < -0.3 is 5.32 Å². The Balaban J connectivity index is 2.36. The van der Waals surface area contributed by atoms with E-state index in [4.69, 9.17) is 0 Å². The van der Waals surface area contributed by atoms with Gasteiger partial charge in [0.05, 0.1) is 21.7 Å². The summed E-state index contributed by atoms with van der Waals surface area (Å²) >= 11 is 0. The van der Waals surface area contributed by atoms with Crippen molar-refractivity contribution in [3.05, 3.63) is 30.1 Å². The lowest BCUT2D eigenvalue weighted by Gasteiger charge is -2.23. The average molecular weight is 349 g/mol. The number of benzene rings is 1. The molecule has 1 aliphatic rings. The first-order valence-electron chi connectivity index (χ1n) is 7.11. The highest BCUT2D eigenvalue weighted by Gasteiger charge is 2.45. The first kappa shape index (κ1) is 17.4. The van der Waals surface area contributed by atoms with Crippen molar-refractivity contribution in [1.82, 2.24) is 5.32 Å². The first-order valence-corrected chi connectivity index (χ1v) is 10.5. The maximum Gasteiger partial charge on any atom is 0.183 e. The Labute approximate surface area is 130 Å². The van der Waals surface area contributed by atoms with Crippen LogP contribution in [0.3, 0.4) is 0 Å². The van der Waals surface area contributed by atoms with E-state index in [-0.39, 0.29) is 16.7 Å². The van der Waals surface area contributed by atoms with Crippen molar-refractivity contribution in [3.63, 3.8) is 0 Å². The zero-order chi connectivity index (χ0) is 16.5. The van der Waals surface area contributed by atoms with Crippen LogP contribution in [0.5, 0.6) is 0 Å². The molecule has 0 aromatic heterocycles. The summed E-state index contributed by atoms with van der Waals surface area (Å²) in [6.07, 6.45) is 0.764. The maximum absolute atomic E-state index is 13.0. The van der Waals surface area contributed by atoms with E-state index < -0.39 is 42.5 Å². The number of halogens is 1. The second-order valence-corrected chi connectivity index (χ2v) is 10.0. The van der Waals surface area contributed by atoms with Crippen LogP contribution < -0.4 is 5.32 Å². The molecule has 0 bridgehead atoms. The van der Waals surface area contributed by atoms with Gasteiger partial charge in [-0.05, 0) is 37.6 Å². The van der Waals surface area contributed by atoms with Crippen molar-refractivity contribution in [2.75, 3.05) is 11.5 Å². The fraction of sp³-hybridized carbons (Fsp3) is 0.571. The largest absolute Gasteiger partial charge is 0.309 e. The third-order valence-electron chi connectivity index (χ3n) is 3.95. The van der Waals surface area contributed by atoms with Gasteiger partial charge in [0.25, 0.3) is 0 Å². The minimum absolute atomic E-state index is 0.0178. The highest BCUT2D eigenvalue weighted by molar-refractivity contribution is 7.96. The van der Waals surface area contributed by atoms with Crippen molar-refractivity contribution in [2.45, 2.75) is 42.5 Å². The van der Waals surface area contributed by atoms with Crippen LogP contribution in [0, 0.1) is 5.82 Å². The van der Waals surface area contributed by atoms with Gasteiger partial charge in [0.2, 0.25) is 0 Å². The summed E-state index contributed by atoms with van der Waals surface area (Å²) in [6.45, 7) is 3.82. The summed E-state index contributed by atoms with van der Waals surface area (Å²) < 4.78 is 62.1. The molecule has 0 spiro atoms. The van der Waals surface area contributed by atoms with Gasteiger partial charge in [0.15, 0.2) is 19.7 Å². The van der Waals surface area contributed by atoms with E-state index in [2.05, 4.69) is 5.32 Å². The zero-order valence-electron chi connectivity index (χ0n) is 12.5. The highest BCUT2D eigenvalue weighted by Crippen LogP contribution is 2.26. The second kappa shape index (κ2) is 6.25. The molecule has 1 aliphatic heterocycles. The van der Waals surface area contributed by atoms with Crippen LogP contribution in [0.4, 0.5) is 4.39 Å². The van der Waals surface area contributed by atoms with Crippen LogP contribution in [0.15, 0.2) is 29.2 Å². The fourth-order valence-electron chi connectivity index (χ4n) is 2.56. The third kappa shape index (κ3) is 3.67. The molecule has 0 amide bonds. The first-order chi connectivity index (χ1) is 10.2. The minimum Gasteiger partial charge on any atom is -0.309 e. The summed E-state index contributed by atoms with van der Waals surface area (Å²) in [5, 5.41) is 2.04. The van der Waals surface area contributed by atoms with Crippen LogP contribution in [0.1, 0.15) is 20.3 Å². The van der Waals surface area contributed by atoms with Gasteiger partial charge in [-0.1, -0.05) is 6.92 Å². The van der Waals surface area contributed by atoms with Crippen LogP contribution >= 0.6 is 0 Å². The number of sulfone groups is 2. The summed E-state index contributed by atoms with van der Waals surface area (Å²) in [5.41, 5.74) is 0. The molecule has 1 fully saturated rings. The lowest BCUT2D eigenvalue weighted by molar-refractivity contribution is 0.456. The van der Waals surface area contributed by atoms with E-state index in [0.29, 0.717) is 0 Å². The van der Waals surface area contributed by atoms with Gasteiger partial charge in [0.1, 0.15) is 5.82 Å². The lowest BCUT2D eigenvalue weighted by Crippen LogP contribution is -2.46. The summed E-state index contributed by atoms with van der Waals surface area (Å²) in [7, 11) is -7.25. The number of nitrogens with one attached hydrogen (secondary N) is 1. The minimum atomic E-state index is -3.84. The normalized spacial score (nSPS) is 26.0. The van der Waals surface area contributed by atoms with E-state index in [1.165, 1.54) is 12.1 Å². The van der Waals surface area contributed by atoms with Gasteiger partial charge in [-0.25, -0.2) is 21.2 Å². The summed E-state index contributed by atoms with van der Waals surface area (Å²) in [5.74, 6) is -1.13. The molecule has 1 aromatic rings. The molecule has 0 saturated carbocycles. The predicted molar refractivity (Wildman–Crippen MR) is 82.7 cm³/mol. The Morgan fingerprint density at radius 1 is 1.27 bits per heavy atom. The molecule has 1 saturated heterocycles. The highest BCUT2D eigenvalue weighted by atomic mass is 32.2. The molecule has 3 atom stereocenters. The van der Waals surface area contributed by atoms with Gasteiger partial charge >= 0.3 is 0 Å². The number of hydrogen-bond donors (Lipinski definition) is 1. The van der Waals surface area contributed by atoms with E-state index in [0.717, 1.165) is 18.6 Å². The molecule has 124 valence electrons. The van der Waals surface area contributed by atoms with Gasteiger partial charge in [0, 0.05) is 12.1 Å². The molecule has 1 heterocycles. The van der Waals surface area contributed by atoms with E-state index in [1.807, 2.05) is 13.8 Å². The molecule has 1 N–H and O–H groups in total. The predicted octanol–water partition coefficient (Wildman–Crippen LogP) is 1.15. The Kier molecular flexibility index (Phi) is 4.93. The smallest absolute Gasteiger partial charge is 0.183 e. The standard InChI is InChI=1S/C14H20FNO4S2/c1-3-10(2)16-13-8-21(17,18)9-14(13)22(19,20)12-6-4-11(15)5-7-12/h4-7,10,13-14,16H,3,8-9H2,1-2H3/t10-,13-,14-/m0/s1. The number of rotatable bonds is 5. The molecule has 22 heavy (non-hydrogen) atoms. The Bertz CT molecular complexity index is 729. The van der Waals surface area contributed by atoms with E-state index in [1.54, 1.807) is 0 Å². The molecule has 0 unspecified atom stereocenters. The lowest BCUT2D eigenvalue weighted by atomic mass is 10.2. The van der Waals surface area contributed by atoms with Gasteiger partial charge in [-0.3, -0.25) is 0 Å². The average Bonchev–Trinajstić information content (AvgIpc) is 2.74. The van der Waals surface area contributed by atoms with Crippen LogP contribution in [0.2, 0.25) is 0 Å². The molecule has 0 aliphatic carbocycles. The Morgan fingerprint density at radius 2 is 1.86 bits per heavy atom. The van der Waals surface area contributed by atoms with Crippen molar-refractivity contribution in [3.8, 4) is 0 Å². The zero-order valence-corrected chi connectivity index (χ0v) is 14.1. The fourth-order valence-corrected chi connectivity index (χ4v) is 7.24.